The summed E-state index contributed by atoms with van der Waals surface area (Å²) in [6.45, 7) is 0. The predicted octanol–water partition coefficient (Wildman–Crippen LogP) is 5.08. The number of benzene rings is 3. The Kier molecular flexibility index (Phi) is 5.42. The number of methoxy groups -OCH3 is 1. The number of ether oxygens (including phenoxy) is 1. The van der Waals surface area contributed by atoms with Gasteiger partial charge < -0.3 is 9.84 Å². The Morgan fingerprint density at radius 1 is 0.967 bits per heavy atom. The molecular weight excluding hydrogens is 446 g/mol. The van der Waals surface area contributed by atoms with Crippen molar-refractivity contribution in [3.05, 3.63) is 100 Å². The largest absolute Gasteiger partial charge is 0.507 e. The molecular formula is C24H18BrNO4. The molecule has 1 fully saturated rings. The summed E-state index contributed by atoms with van der Waals surface area (Å²) in [6.07, 6.45) is 0. The Hall–Kier alpha value is -3.38. The molecule has 1 aliphatic heterocycles. The van der Waals surface area contributed by atoms with Gasteiger partial charge in [0, 0.05) is 15.7 Å². The van der Waals surface area contributed by atoms with Crippen LogP contribution >= 0.6 is 15.9 Å². The van der Waals surface area contributed by atoms with Crippen molar-refractivity contribution in [3.63, 3.8) is 0 Å². The molecule has 0 bridgehead atoms. The second-order valence-electron chi connectivity index (χ2n) is 6.79. The van der Waals surface area contributed by atoms with Crippen molar-refractivity contribution in [2.24, 2.45) is 0 Å². The third-order valence-electron chi connectivity index (χ3n) is 5.01. The molecule has 30 heavy (non-hydrogen) atoms. The maximum atomic E-state index is 13.1. The lowest BCUT2D eigenvalue weighted by atomic mass is 9.95. The minimum Gasteiger partial charge on any atom is -0.507 e. The first kappa shape index (κ1) is 19.9. The summed E-state index contributed by atoms with van der Waals surface area (Å²) < 4.78 is 6.01. The van der Waals surface area contributed by atoms with Crippen LogP contribution in [0.25, 0.3) is 5.76 Å². The smallest absolute Gasteiger partial charge is 0.300 e. The highest BCUT2D eigenvalue weighted by Crippen LogP contribution is 2.42. The van der Waals surface area contributed by atoms with E-state index in [1.165, 1.54) is 4.90 Å². The number of rotatable bonds is 4. The second kappa shape index (κ2) is 8.16. The molecule has 150 valence electrons. The standard InChI is InChI=1S/C24H18BrNO4/c1-30-19-12-10-15(11-13-19)21-20(22(27)16-6-3-2-4-7-16)23(28)24(29)26(21)18-9-5-8-17(25)14-18/h2-14,21,27H,1H3/t21-/m1/s1. The van der Waals surface area contributed by atoms with Crippen molar-refractivity contribution >= 4 is 39.1 Å². The molecule has 1 aliphatic rings. The van der Waals surface area contributed by atoms with Gasteiger partial charge in [0.2, 0.25) is 0 Å². The minimum atomic E-state index is -0.773. The van der Waals surface area contributed by atoms with Gasteiger partial charge in [0.05, 0.1) is 18.7 Å². The first-order valence-electron chi connectivity index (χ1n) is 9.27. The van der Waals surface area contributed by atoms with E-state index in [2.05, 4.69) is 15.9 Å². The van der Waals surface area contributed by atoms with Crippen LogP contribution < -0.4 is 9.64 Å². The van der Waals surface area contributed by atoms with E-state index in [0.717, 1.165) is 4.47 Å². The van der Waals surface area contributed by atoms with Crippen molar-refractivity contribution < 1.29 is 19.4 Å². The van der Waals surface area contributed by atoms with Gasteiger partial charge in [-0.15, -0.1) is 0 Å². The number of carbonyl (C=O) groups is 2. The van der Waals surface area contributed by atoms with Crippen LogP contribution in [-0.4, -0.2) is 23.9 Å². The molecule has 1 saturated heterocycles. The zero-order valence-corrected chi connectivity index (χ0v) is 17.7. The molecule has 1 heterocycles. The molecule has 3 aromatic rings. The highest BCUT2D eigenvalue weighted by atomic mass is 79.9. The van der Waals surface area contributed by atoms with E-state index >= 15 is 0 Å². The van der Waals surface area contributed by atoms with Crippen molar-refractivity contribution in [1.82, 2.24) is 0 Å². The fourth-order valence-electron chi connectivity index (χ4n) is 3.58. The number of halogens is 1. The normalized spacial score (nSPS) is 17.9. The summed E-state index contributed by atoms with van der Waals surface area (Å²) >= 11 is 3.42. The van der Waals surface area contributed by atoms with Crippen molar-refractivity contribution in [3.8, 4) is 5.75 Å². The molecule has 1 amide bonds. The van der Waals surface area contributed by atoms with E-state index in [0.29, 0.717) is 22.6 Å². The van der Waals surface area contributed by atoms with Crippen molar-refractivity contribution in [2.45, 2.75) is 6.04 Å². The molecule has 0 radical (unpaired) electrons. The van der Waals surface area contributed by atoms with Gasteiger partial charge in [-0.2, -0.15) is 0 Å². The molecule has 0 saturated carbocycles. The molecule has 6 heteroatoms. The minimum absolute atomic E-state index is 0.0522. The van der Waals surface area contributed by atoms with Gasteiger partial charge >= 0.3 is 0 Å². The molecule has 0 aliphatic carbocycles. The van der Waals surface area contributed by atoms with Crippen LogP contribution in [0.5, 0.6) is 5.75 Å². The summed E-state index contributed by atoms with van der Waals surface area (Å²) in [7, 11) is 1.57. The summed E-state index contributed by atoms with van der Waals surface area (Å²) in [5.74, 6) is -0.961. The van der Waals surface area contributed by atoms with Gasteiger partial charge in [-0.3, -0.25) is 14.5 Å². The van der Waals surface area contributed by atoms with Crippen molar-refractivity contribution in [1.29, 1.82) is 0 Å². The molecule has 1 atom stereocenters. The zero-order chi connectivity index (χ0) is 21.3. The number of aliphatic hydroxyl groups excluding tert-OH is 1. The number of hydrogen-bond donors (Lipinski definition) is 1. The van der Waals surface area contributed by atoms with Gasteiger partial charge in [0.15, 0.2) is 0 Å². The number of ketones is 1. The molecule has 0 unspecified atom stereocenters. The van der Waals surface area contributed by atoms with E-state index in [1.54, 1.807) is 73.8 Å². The number of nitrogens with zero attached hydrogens (tertiary/aromatic N) is 1. The van der Waals surface area contributed by atoms with Crippen LogP contribution in [0.4, 0.5) is 5.69 Å². The highest BCUT2D eigenvalue weighted by molar-refractivity contribution is 9.10. The molecule has 0 spiro atoms. The quantitative estimate of drug-likeness (QED) is 0.332. The van der Waals surface area contributed by atoms with Crippen LogP contribution in [0.3, 0.4) is 0 Å². The summed E-state index contributed by atoms with van der Waals surface area (Å²) in [5.41, 5.74) is 1.77. The average molecular weight is 464 g/mol. The number of amides is 1. The number of aliphatic hydroxyl groups is 1. The molecule has 1 N–H and O–H groups in total. The Morgan fingerprint density at radius 3 is 2.30 bits per heavy atom. The van der Waals surface area contributed by atoms with E-state index in [9.17, 15) is 14.7 Å². The Morgan fingerprint density at radius 2 is 1.67 bits per heavy atom. The third-order valence-corrected chi connectivity index (χ3v) is 5.50. The Balaban J connectivity index is 1.94. The monoisotopic (exact) mass is 463 g/mol. The third kappa shape index (κ3) is 3.50. The maximum absolute atomic E-state index is 13.1. The van der Waals surface area contributed by atoms with E-state index in [-0.39, 0.29) is 11.3 Å². The van der Waals surface area contributed by atoms with Crippen LogP contribution in [0, 0.1) is 0 Å². The zero-order valence-electron chi connectivity index (χ0n) is 16.1. The van der Waals surface area contributed by atoms with Gasteiger partial charge in [-0.1, -0.05) is 64.5 Å². The van der Waals surface area contributed by atoms with Crippen LogP contribution in [0.2, 0.25) is 0 Å². The summed E-state index contributed by atoms with van der Waals surface area (Å²) in [5, 5.41) is 11.0. The Bertz CT molecular complexity index is 1140. The number of anilines is 1. The lowest BCUT2D eigenvalue weighted by molar-refractivity contribution is -0.132. The van der Waals surface area contributed by atoms with Gasteiger partial charge in [0.25, 0.3) is 11.7 Å². The average Bonchev–Trinajstić information content (AvgIpc) is 3.04. The predicted molar refractivity (Wildman–Crippen MR) is 118 cm³/mol. The molecule has 5 nitrogen and oxygen atoms in total. The molecule has 4 rings (SSSR count). The van der Waals surface area contributed by atoms with Crippen molar-refractivity contribution in [2.75, 3.05) is 12.0 Å². The van der Waals surface area contributed by atoms with E-state index < -0.39 is 17.7 Å². The first-order valence-corrected chi connectivity index (χ1v) is 10.1. The first-order chi connectivity index (χ1) is 14.5. The number of Topliss-reactive ketones (excluding diaryl/α,β-unsaturated/α-hetero) is 1. The van der Waals surface area contributed by atoms with Crippen LogP contribution in [0.1, 0.15) is 17.2 Å². The van der Waals surface area contributed by atoms with Crippen LogP contribution in [-0.2, 0) is 9.59 Å². The van der Waals surface area contributed by atoms with E-state index in [4.69, 9.17) is 4.74 Å². The maximum Gasteiger partial charge on any atom is 0.300 e. The van der Waals surface area contributed by atoms with Gasteiger partial charge in [0.1, 0.15) is 11.5 Å². The lowest BCUT2D eigenvalue weighted by Crippen LogP contribution is -2.29. The SMILES string of the molecule is COc1ccc([C@@H]2C(=C(O)c3ccccc3)C(=O)C(=O)N2c2cccc(Br)c2)cc1. The second-order valence-corrected chi connectivity index (χ2v) is 7.70. The van der Waals surface area contributed by atoms with Crippen LogP contribution in [0.15, 0.2) is 88.9 Å². The lowest BCUT2D eigenvalue weighted by Gasteiger charge is -2.25. The van der Waals surface area contributed by atoms with Gasteiger partial charge in [-0.05, 0) is 35.9 Å². The highest BCUT2D eigenvalue weighted by Gasteiger charge is 2.47. The fraction of sp³-hybridized carbons (Fsp3) is 0.0833. The fourth-order valence-corrected chi connectivity index (χ4v) is 3.97. The van der Waals surface area contributed by atoms with E-state index in [1.807, 2.05) is 12.1 Å². The molecule has 3 aromatic carbocycles. The number of carbonyl (C=O) groups excluding carboxylic acids is 2. The Labute approximate surface area is 182 Å². The number of hydrogen-bond acceptors (Lipinski definition) is 4. The summed E-state index contributed by atoms with van der Waals surface area (Å²) in [4.78, 5) is 27.5. The summed E-state index contributed by atoms with van der Waals surface area (Å²) in [6, 6.07) is 22.2. The topological polar surface area (TPSA) is 66.8 Å². The molecule has 0 aromatic heterocycles. The van der Waals surface area contributed by atoms with Gasteiger partial charge in [-0.25, -0.2) is 0 Å².